The summed E-state index contributed by atoms with van der Waals surface area (Å²) in [5.74, 6) is -4.99. The van der Waals surface area contributed by atoms with E-state index in [1.807, 2.05) is 0 Å². The third kappa shape index (κ3) is 4.90. The van der Waals surface area contributed by atoms with Crippen LogP contribution in [0.4, 0.5) is 26.3 Å². The zero-order valence-corrected chi connectivity index (χ0v) is 11.6. The summed E-state index contributed by atoms with van der Waals surface area (Å²) >= 11 is 5.58. The molecule has 1 fully saturated rings. The summed E-state index contributed by atoms with van der Waals surface area (Å²) in [5, 5.41) is 1.45. The zero-order valence-electron chi connectivity index (χ0n) is 10.8. The number of hydrogen-bond donors (Lipinski definition) is 1. The highest BCUT2D eigenvalue weighted by Gasteiger charge is 2.48. The van der Waals surface area contributed by atoms with Crippen molar-refractivity contribution in [3.05, 3.63) is 0 Å². The molecule has 0 radical (unpaired) electrons. The predicted molar refractivity (Wildman–Crippen MR) is 58.7 cm³/mol. The molecule has 4 unspecified atom stereocenters. The molecule has 1 aliphatic heterocycles. The van der Waals surface area contributed by atoms with Crippen molar-refractivity contribution in [2.24, 2.45) is 0 Å². The van der Waals surface area contributed by atoms with E-state index in [1.54, 1.807) is 0 Å². The molecule has 0 bridgehead atoms. The lowest BCUT2D eigenvalue weighted by Gasteiger charge is -2.38. The second kappa shape index (κ2) is 6.49. The van der Waals surface area contributed by atoms with Crippen molar-refractivity contribution in [3.8, 4) is 0 Å². The lowest BCUT2D eigenvalue weighted by atomic mass is 10.00. The van der Waals surface area contributed by atoms with Crippen molar-refractivity contribution in [2.75, 3.05) is 0 Å². The van der Waals surface area contributed by atoms with Gasteiger partial charge in [-0.05, 0) is 6.92 Å². The lowest BCUT2D eigenvalue weighted by Crippen LogP contribution is -2.58. The van der Waals surface area contributed by atoms with Crippen LogP contribution in [0.25, 0.3) is 0 Å². The second-order valence-electron chi connectivity index (χ2n) is 4.43. The van der Waals surface area contributed by atoms with Gasteiger partial charge in [-0.2, -0.15) is 26.3 Å². The van der Waals surface area contributed by atoms with E-state index >= 15 is 0 Å². The summed E-state index contributed by atoms with van der Waals surface area (Å²) in [7, 11) is 0. The molecule has 1 N–H and O–H groups in total. The van der Waals surface area contributed by atoms with Gasteiger partial charge in [-0.1, -0.05) is 11.6 Å². The number of ether oxygens (including phenoxy) is 2. The molecule has 0 saturated carbocycles. The highest BCUT2D eigenvalue weighted by Crippen LogP contribution is 2.28. The minimum Gasteiger partial charge on any atom is -0.451 e. The number of amides is 1. The molecule has 0 aromatic rings. The van der Waals surface area contributed by atoms with Crippen LogP contribution in [0.2, 0.25) is 0 Å². The van der Waals surface area contributed by atoms with Gasteiger partial charge in [0.15, 0.2) is 0 Å². The van der Waals surface area contributed by atoms with Gasteiger partial charge in [0.2, 0.25) is 0 Å². The number of nitrogens with one attached hydrogen (secondary N) is 1. The summed E-state index contributed by atoms with van der Waals surface area (Å²) in [4.78, 5) is 21.7. The fourth-order valence-corrected chi connectivity index (χ4v) is 2.14. The first-order valence-electron chi connectivity index (χ1n) is 5.77. The van der Waals surface area contributed by atoms with Gasteiger partial charge in [0, 0.05) is 6.42 Å². The molecule has 0 spiro atoms. The first-order chi connectivity index (χ1) is 9.82. The van der Waals surface area contributed by atoms with Crippen LogP contribution in [0.15, 0.2) is 0 Å². The topological polar surface area (TPSA) is 64.6 Å². The molecular formula is C10H10ClF6NO4. The Morgan fingerprint density at radius 1 is 1.18 bits per heavy atom. The van der Waals surface area contributed by atoms with Gasteiger partial charge in [0.1, 0.15) is 11.7 Å². The van der Waals surface area contributed by atoms with E-state index in [0.717, 1.165) is 6.92 Å². The fraction of sp³-hybridized carbons (Fsp3) is 0.800. The third-order valence-corrected chi connectivity index (χ3v) is 2.99. The quantitative estimate of drug-likeness (QED) is 0.465. The van der Waals surface area contributed by atoms with Crippen molar-refractivity contribution in [3.63, 3.8) is 0 Å². The average molecular weight is 358 g/mol. The van der Waals surface area contributed by atoms with Crippen molar-refractivity contribution in [1.82, 2.24) is 5.32 Å². The van der Waals surface area contributed by atoms with Gasteiger partial charge < -0.3 is 14.8 Å². The normalized spacial score (nSPS) is 29.8. The molecule has 0 aromatic heterocycles. The molecule has 1 saturated heterocycles. The Labute approximate surface area is 124 Å². The Balaban J connectivity index is 2.88. The van der Waals surface area contributed by atoms with Crippen LogP contribution in [0.5, 0.6) is 0 Å². The highest BCUT2D eigenvalue weighted by molar-refractivity contribution is 6.19. The van der Waals surface area contributed by atoms with E-state index in [1.165, 1.54) is 5.32 Å². The van der Waals surface area contributed by atoms with E-state index in [2.05, 4.69) is 4.74 Å². The van der Waals surface area contributed by atoms with Crippen molar-refractivity contribution in [1.29, 1.82) is 0 Å². The monoisotopic (exact) mass is 357 g/mol. The SMILES string of the molecule is CC1OC(Cl)CC(NC(=O)C(F)(F)F)C1OC(=O)C(F)(F)F. The molecule has 128 valence electrons. The number of hydrogen-bond acceptors (Lipinski definition) is 4. The van der Waals surface area contributed by atoms with E-state index in [-0.39, 0.29) is 0 Å². The van der Waals surface area contributed by atoms with Crippen LogP contribution in [-0.4, -0.2) is 48.0 Å². The predicted octanol–water partition coefficient (Wildman–Crippen LogP) is 1.88. The standard InChI is InChI=1S/C10H10ClF6NO4/c1-3-6(22-8(20)10(15,16)17)4(2-5(11)21-3)18-7(19)9(12,13)14/h3-6H,2H2,1H3,(H,18,19). The minimum atomic E-state index is -5.34. The van der Waals surface area contributed by atoms with Gasteiger partial charge in [0.05, 0.1) is 12.1 Å². The summed E-state index contributed by atoms with van der Waals surface area (Å²) in [6.07, 6.45) is -14.1. The van der Waals surface area contributed by atoms with Crippen LogP contribution < -0.4 is 5.32 Å². The van der Waals surface area contributed by atoms with Crippen molar-refractivity contribution in [2.45, 2.75) is 49.5 Å². The molecule has 12 heteroatoms. The number of carbonyl (C=O) groups excluding carboxylic acids is 2. The van der Waals surface area contributed by atoms with Crippen LogP contribution in [0.3, 0.4) is 0 Å². The smallest absolute Gasteiger partial charge is 0.451 e. The highest BCUT2D eigenvalue weighted by atomic mass is 35.5. The van der Waals surface area contributed by atoms with Crippen molar-refractivity contribution >= 4 is 23.5 Å². The fourth-order valence-electron chi connectivity index (χ4n) is 1.79. The van der Waals surface area contributed by atoms with Gasteiger partial charge in [-0.3, -0.25) is 4.79 Å². The minimum absolute atomic E-state index is 0.469. The molecule has 1 aliphatic rings. The Morgan fingerprint density at radius 2 is 1.73 bits per heavy atom. The molecule has 1 rings (SSSR count). The molecule has 5 nitrogen and oxygen atoms in total. The maximum atomic E-state index is 12.2. The largest absolute Gasteiger partial charge is 0.490 e. The van der Waals surface area contributed by atoms with E-state index in [0.29, 0.717) is 0 Å². The van der Waals surface area contributed by atoms with E-state index in [9.17, 15) is 35.9 Å². The van der Waals surface area contributed by atoms with E-state index < -0.39 is 54.5 Å². The maximum absolute atomic E-state index is 12.2. The Bertz CT molecular complexity index is 440. The van der Waals surface area contributed by atoms with Crippen molar-refractivity contribution < 1.29 is 45.4 Å². The molecule has 0 aromatic carbocycles. The lowest BCUT2D eigenvalue weighted by molar-refractivity contribution is -0.217. The third-order valence-electron chi connectivity index (χ3n) is 2.71. The number of halogens is 7. The summed E-state index contributed by atoms with van der Waals surface area (Å²) in [6.45, 7) is 1.15. The molecule has 1 heterocycles. The summed E-state index contributed by atoms with van der Waals surface area (Å²) in [5.41, 5.74) is -1.16. The first kappa shape index (κ1) is 18.8. The van der Waals surface area contributed by atoms with Crippen LogP contribution in [-0.2, 0) is 19.1 Å². The van der Waals surface area contributed by atoms with E-state index in [4.69, 9.17) is 16.3 Å². The Kier molecular flexibility index (Phi) is 5.55. The number of rotatable bonds is 2. The molecule has 4 atom stereocenters. The Morgan fingerprint density at radius 3 is 2.18 bits per heavy atom. The first-order valence-corrected chi connectivity index (χ1v) is 6.21. The maximum Gasteiger partial charge on any atom is 0.490 e. The van der Waals surface area contributed by atoms with Crippen LogP contribution >= 0.6 is 11.6 Å². The Hall–Kier alpha value is -1.23. The molecule has 1 amide bonds. The molecule has 0 aliphatic carbocycles. The summed E-state index contributed by atoms with van der Waals surface area (Å²) in [6, 6.07) is -1.58. The number of carbonyl (C=O) groups is 2. The molecule has 22 heavy (non-hydrogen) atoms. The van der Waals surface area contributed by atoms with Gasteiger partial charge in [-0.25, -0.2) is 4.79 Å². The molecular weight excluding hydrogens is 348 g/mol. The van der Waals surface area contributed by atoms with Crippen LogP contribution in [0, 0.1) is 0 Å². The summed E-state index contributed by atoms with van der Waals surface area (Å²) < 4.78 is 82.2. The van der Waals surface area contributed by atoms with Gasteiger partial charge in [0.25, 0.3) is 0 Å². The number of esters is 1. The zero-order chi connectivity index (χ0) is 17.3. The average Bonchev–Trinajstić information content (AvgIpc) is 2.30. The van der Waals surface area contributed by atoms with Crippen LogP contribution in [0.1, 0.15) is 13.3 Å². The van der Waals surface area contributed by atoms with Gasteiger partial charge >= 0.3 is 24.2 Å². The second-order valence-corrected chi connectivity index (χ2v) is 4.92. The number of alkyl halides is 7. The van der Waals surface area contributed by atoms with Gasteiger partial charge in [-0.15, -0.1) is 0 Å².